The molecule has 0 amide bonds. The topological polar surface area (TPSA) is 29.9 Å². The molecule has 3 aromatic rings. The predicted octanol–water partition coefficient (Wildman–Crippen LogP) is 3.92. The van der Waals surface area contributed by atoms with Crippen LogP contribution in [-0.2, 0) is 13.1 Å². The Hall–Kier alpha value is -1.91. The van der Waals surface area contributed by atoms with Gasteiger partial charge in [0.15, 0.2) is 0 Å². The van der Waals surface area contributed by atoms with Crippen LogP contribution in [-0.4, -0.2) is 9.78 Å². The van der Waals surface area contributed by atoms with E-state index in [0.717, 1.165) is 23.2 Å². The summed E-state index contributed by atoms with van der Waals surface area (Å²) in [5.74, 6) is 0. The molecule has 0 unspecified atom stereocenters. The lowest BCUT2D eigenvalue weighted by molar-refractivity contribution is 0.693. The van der Waals surface area contributed by atoms with Crippen molar-refractivity contribution >= 4 is 15.9 Å². The van der Waals surface area contributed by atoms with Gasteiger partial charge >= 0.3 is 0 Å². The minimum absolute atomic E-state index is 0.857. The average molecular weight is 342 g/mol. The fraction of sp³-hybridized carbons (Fsp3) is 0.118. The molecule has 0 bridgehead atoms. The largest absolute Gasteiger partial charge is 0.309 e. The van der Waals surface area contributed by atoms with Gasteiger partial charge < -0.3 is 5.32 Å². The lowest BCUT2D eigenvalue weighted by Gasteiger charge is -2.07. The van der Waals surface area contributed by atoms with E-state index in [1.165, 1.54) is 11.1 Å². The first-order valence-corrected chi connectivity index (χ1v) is 7.65. The molecule has 4 heteroatoms. The summed E-state index contributed by atoms with van der Waals surface area (Å²) in [4.78, 5) is 0. The molecule has 0 aliphatic heterocycles. The highest BCUT2D eigenvalue weighted by Gasteiger charge is 1.98. The van der Waals surface area contributed by atoms with E-state index in [9.17, 15) is 0 Å². The molecule has 0 fully saturated rings. The van der Waals surface area contributed by atoms with E-state index in [1.807, 2.05) is 16.9 Å². The number of hydrogen-bond acceptors (Lipinski definition) is 2. The molecular weight excluding hydrogens is 326 g/mol. The highest BCUT2D eigenvalue weighted by Crippen LogP contribution is 2.11. The lowest BCUT2D eigenvalue weighted by Crippen LogP contribution is -2.12. The number of halogens is 1. The molecule has 0 aliphatic carbocycles. The zero-order valence-corrected chi connectivity index (χ0v) is 13.1. The molecule has 0 saturated heterocycles. The van der Waals surface area contributed by atoms with Crippen molar-refractivity contribution in [2.24, 2.45) is 0 Å². The molecule has 106 valence electrons. The number of hydrogen-bond donors (Lipinski definition) is 1. The third-order valence-electron chi connectivity index (χ3n) is 3.28. The minimum atomic E-state index is 0.857. The molecule has 0 saturated carbocycles. The van der Waals surface area contributed by atoms with Crippen LogP contribution in [0.4, 0.5) is 0 Å². The van der Waals surface area contributed by atoms with Gasteiger partial charge in [-0.15, -0.1) is 0 Å². The maximum atomic E-state index is 4.22. The summed E-state index contributed by atoms with van der Waals surface area (Å²) < 4.78 is 2.97. The van der Waals surface area contributed by atoms with Gasteiger partial charge in [-0.3, -0.25) is 0 Å². The highest BCUT2D eigenvalue weighted by molar-refractivity contribution is 9.10. The smallest absolute Gasteiger partial charge is 0.0645 e. The predicted molar refractivity (Wildman–Crippen MR) is 88.2 cm³/mol. The minimum Gasteiger partial charge on any atom is -0.309 e. The van der Waals surface area contributed by atoms with Crippen molar-refractivity contribution in [3.8, 4) is 5.69 Å². The Labute approximate surface area is 132 Å². The van der Waals surface area contributed by atoms with E-state index < -0.39 is 0 Å². The zero-order valence-electron chi connectivity index (χ0n) is 11.5. The molecule has 0 radical (unpaired) electrons. The fourth-order valence-corrected chi connectivity index (χ4v) is 2.41. The summed E-state index contributed by atoms with van der Waals surface area (Å²) >= 11 is 3.45. The maximum Gasteiger partial charge on any atom is 0.0645 e. The van der Waals surface area contributed by atoms with Crippen LogP contribution in [0.25, 0.3) is 5.69 Å². The van der Waals surface area contributed by atoms with Gasteiger partial charge in [-0.1, -0.05) is 40.2 Å². The molecular formula is C17H16BrN3. The summed E-state index contributed by atoms with van der Waals surface area (Å²) in [6.45, 7) is 1.73. The van der Waals surface area contributed by atoms with E-state index in [-0.39, 0.29) is 0 Å². The number of aromatic nitrogens is 2. The van der Waals surface area contributed by atoms with Crippen LogP contribution >= 0.6 is 15.9 Å². The van der Waals surface area contributed by atoms with Crippen LogP contribution in [0.3, 0.4) is 0 Å². The zero-order chi connectivity index (χ0) is 14.5. The second kappa shape index (κ2) is 6.70. The molecule has 3 rings (SSSR count). The van der Waals surface area contributed by atoms with Crippen molar-refractivity contribution in [1.29, 1.82) is 0 Å². The molecule has 1 N–H and O–H groups in total. The first-order chi connectivity index (χ1) is 10.3. The van der Waals surface area contributed by atoms with Crippen LogP contribution in [0.1, 0.15) is 11.1 Å². The Kier molecular flexibility index (Phi) is 4.48. The van der Waals surface area contributed by atoms with Gasteiger partial charge in [-0.25, -0.2) is 4.68 Å². The van der Waals surface area contributed by atoms with Gasteiger partial charge in [0.05, 0.1) is 5.69 Å². The third kappa shape index (κ3) is 3.80. The molecule has 1 aromatic heterocycles. The Morgan fingerprint density at radius 1 is 0.905 bits per heavy atom. The van der Waals surface area contributed by atoms with Crippen LogP contribution in [0.5, 0.6) is 0 Å². The van der Waals surface area contributed by atoms with E-state index in [1.54, 1.807) is 6.20 Å². The van der Waals surface area contributed by atoms with Crippen molar-refractivity contribution in [1.82, 2.24) is 15.1 Å². The van der Waals surface area contributed by atoms with Crippen molar-refractivity contribution < 1.29 is 0 Å². The number of benzene rings is 2. The number of nitrogens with zero attached hydrogens (tertiary/aromatic N) is 2. The highest BCUT2D eigenvalue weighted by atomic mass is 79.9. The fourth-order valence-electron chi connectivity index (χ4n) is 2.14. The van der Waals surface area contributed by atoms with Gasteiger partial charge in [0.25, 0.3) is 0 Å². The molecule has 1 heterocycles. The monoisotopic (exact) mass is 341 g/mol. The molecule has 2 aromatic carbocycles. The van der Waals surface area contributed by atoms with Crippen LogP contribution in [0.15, 0.2) is 71.5 Å². The van der Waals surface area contributed by atoms with Crippen molar-refractivity contribution in [3.63, 3.8) is 0 Å². The van der Waals surface area contributed by atoms with Crippen LogP contribution in [0, 0.1) is 0 Å². The van der Waals surface area contributed by atoms with Crippen molar-refractivity contribution in [2.75, 3.05) is 0 Å². The first-order valence-electron chi connectivity index (χ1n) is 6.85. The van der Waals surface area contributed by atoms with E-state index in [0.29, 0.717) is 0 Å². The van der Waals surface area contributed by atoms with Gasteiger partial charge in [0.1, 0.15) is 0 Å². The Morgan fingerprint density at radius 3 is 2.10 bits per heavy atom. The van der Waals surface area contributed by atoms with Gasteiger partial charge in [0, 0.05) is 30.0 Å². The SMILES string of the molecule is Brc1ccc(CNCc2ccc(-n3cccn3)cc2)cc1. The Morgan fingerprint density at radius 2 is 1.52 bits per heavy atom. The van der Waals surface area contributed by atoms with Crippen LogP contribution < -0.4 is 5.32 Å². The summed E-state index contributed by atoms with van der Waals surface area (Å²) in [6.07, 6.45) is 3.73. The van der Waals surface area contributed by atoms with Gasteiger partial charge in [0.2, 0.25) is 0 Å². The first kappa shape index (κ1) is 14.0. The molecule has 0 atom stereocenters. The van der Waals surface area contributed by atoms with E-state index in [4.69, 9.17) is 0 Å². The summed E-state index contributed by atoms with van der Waals surface area (Å²) in [6, 6.07) is 18.7. The van der Waals surface area contributed by atoms with Crippen LogP contribution in [0.2, 0.25) is 0 Å². The van der Waals surface area contributed by atoms with Crippen molar-refractivity contribution in [2.45, 2.75) is 13.1 Å². The van der Waals surface area contributed by atoms with Gasteiger partial charge in [-0.2, -0.15) is 5.10 Å². The summed E-state index contributed by atoms with van der Waals surface area (Å²) in [5, 5.41) is 7.68. The lowest BCUT2D eigenvalue weighted by atomic mass is 10.2. The third-order valence-corrected chi connectivity index (χ3v) is 3.81. The molecule has 0 aliphatic rings. The van der Waals surface area contributed by atoms with Gasteiger partial charge in [-0.05, 0) is 41.5 Å². The molecule has 21 heavy (non-hydrogen) atoms. The molecule has 0 spiro atoms. The van der Waals surface area contributed by atoms with E-state index >= 15 is 0 Å². The van der Waals surface area contributed by atoms with E-state index in [2.05, 4.69) is 74.9 Å². The number of nitrogens with one attached hydrogen (secondary N) is 1. The van der Waals surface area contributed by atoms with Crippen molar-refractivity contribution in [3.05, 3.63) is 82.6 Å². The number of rotatable bonds is 5. The summed E-state index contributed by atoms with van der Waals surface area (Å²) in [5.41, 5.74) is 3.63. The second-order valence-electron chi connectivity index (χ2n) is 4.85. The maximum absolute atomic E-state index is 4.22. The summed E-state index contributed by atoms with van der Waals surface area (Å²) in [7, 11) is 0. The normalized spacial score (nSPS) is 10.7. The Balaban J connectivity index is 1.55. The Bertz CT molecular complexity index is 673. The standard InChI is InChI=1S/C17H16BrN3/c18-16-6-2-14(3-7-16)12-19-13-15-4-8-17(9-5-15)21-11-1-10-20-21/h1-11,19H,12-13H2. The average Bonchev–Trinajstić information content (AvgIpc) is 3.04. The molecule has 3 nitrogen and oxygen atoms in total. The second-order valence-corrected chi connectivity index (χ2v) is 5.76. The quantitative estimate of drug-likeness (QED) is 0.762.